The summed E-state index contributed by atoms with van der Waals surface area (Å²) in [5, 5.41) is 15.9. The Balaban J connectivity index is 1.72. The first kappa shape index (κ1) is 24.1. The molecule has 3 heterocycles. The van der Waals surface area contributed by atoms with Gasteiger partial charge in [0.2, 0.25) is 0 Å². The number of fused-ring (bicyclic) bond motifs is 1. The van der Waals surface area contributed by atoms with Crippen molar-refractivity contribution in [3.63, 3.8) is 0 Å². The van der Waals surface area contributed by atoms with Crippen molar-refractivity contribution >= 4 is 22.2 Å². The van der Waals surface area contributed by atoms with E-state index in [-0.39, 0.29) is 11.1 Å². The maximum absolute atomic E-state index is 13.6. The maximum Gasteiger partial charge on any atom is 0.253 e. The Hall–Kier alpha value is -3.62. The molecular formula is C28H30N6OS. The molecule has 1 N–H and O–H groups in total. The quantitative estimate of drug-likeness (QED) is 0.324. The maximum atomic E-state index is 13.6. The average Bonchev–Trinajstić information content (AvgIpc) is 3.53. The molecule has 36 heavy (non-hydrogen) atoms. The Labute approximate surface area is 214 Å². The molecule has 0 aliphatic carbocycles. The Morgan fingerprint density at radius 2 is 1.83 bits per heavy atom. The van der Waals surface area contributed by atoms with Crippen LogP contribution in [-0.2, 0) is 18.6 Å². The van der Waals surface area contributed by atoms with Crippen molar-refractivity contribution in [3.8, 4) is 0 Å². The topological polar surface area (TPSA) is 79.7 Å². The molecule has 0 saturated carbocycles. The van der Waals surface area contributed by atoms with Gasteiger partial charge in [0.15, 0.2) is 5.82 Å². The van der Waals surface area contributed by atoms with E-state index in [2.05, 4.69) is 88.0 Å². The lowest BCUT2D eigenvalue weighted by molar-refractivity contribution is 0.186. The zero-order valence-electron chi connectivity index (χ0n) is 21.0. The fourth-order valence-corrected chi connectivity index (χ4v) is 5.26. The third-order valence-corrected chi connectivity index (χ3v) is 7.09. The molecule has 0 spiro atoms. The zero-order valence-corrected chi connectivity index (χ0v) is 21.8. The van der Waals surface area contributed by atoms with Crippen LogP contribution in [0.4, 0.5) is 0 Å². The summed E-state index contributed by atoms with van der Waals surface area (Å²) >= 11 is 1.70. The Morgan fingerprint density at radius 3 is 2.56 bits per heavy atom. The third kappa shape index (κ3) is 5.01. The number of thiophene rings is 1. The van der Waals surface area contributed by atoms with Crippen molar-refractivity contribution in [1.82, 2.24) is 30.1 Å². The SMILES string of the molecule is Cc1ccc2cc([C@@H](c3nnnn3C(C)(C)C)N(Cc3ccccc3)Cc3cccs3)c(=O)[nH]c2c1. The van der Waals surface area contributed by atoms with Gasteiger partial charge in [-0.05, 0) is 78.2 Å². The van der Waals surface area contributed by atoms with Gasteiger partial charge in [0.1, 0.15) is 6.04 Å². The second kappa shape index (κ2) is 9.79. The van der Waals surface area contributed by atoms with Crippen molar-refractivity contribution in [2.45, 2.75) is 52.4 Å². The number of nitrogens with one attached hydrogen (secondary N) is 1. The molecule has 184 valence electrons. The number of benzene rings is 2. The van der Waals surface area contributed by atoms with E-state index in [1.54, 1.807) is 11.3 Å². The normalized spacial score (nSPS) is 12.9. The summed E-state index contributed by atoms with van der Waals surface area (Å²) < 4.78 is 1.84. The lowest BCUT2D eigenvalue weighted by Crippen LogP contribution is -2.37. The van der Waals surface area contributed by atoms with Crippen molar-refractivity contribution < 1.29 is 0 Å². The minimum absolute atomic E-state index is 0.134. The fourth-order valence-electron chi connectivity index (χ4n) is 4.54. The third-order valence-electron chi connectivity index (χ3n) is 6.23. The van der Waals surface area contributed by atoms with E-state index in [1.165, 1.54) is 4.88 Å². The zero-order chi connectivity index (χ0) is 25.3. The number of hydrogen-bond acceptors (Lipinski definition) is 6. The molecule has 8 heteroatoms. The minimum Gasteiger partial charge on any atom is -0.322 e. The Kier molecular flexibility index (Phi) is 6.55. The number of tetrazole rings is 1. The van der Waals surface area contributed by atoms with Gasteiger partial charge in [0.05, 0.1) is 5.54 Å². The smallest absolute Gasteiger partial charge is 0.253 e. The summed E-state index contributed by atoms with van der Waals surface area (Å²) in [5.41, 5.74) is 3.21. The molecule has 1 atom stereocenters. The number of aromatic amines is 1. The molecule has 3 aromatic heterocycles. The second-order valence-electron chi connectivity index (χ2n) is 10.1. The minimum atomic E-state index is -0.462. The van der Waals surface area contributed by atoms with Crippen molar-refractivity contribution in [3.05, 3.63) is 110 Å². The largest absolute Gasteiger partial charge is 0.322 e. The van der Waals surface area contributed by atoms with E-state index in [0.717, 1.165) is 22.0 Å². The number of pyridine rings is 1. The predicted molar refractivity (Wildman–Crippen MR) is 144 cm³/mol. The van der Waals surface area contributed by atoms with E-state index in [4.69, 9.17) is 0 Å². The summed E-state index contributed by atoms with van der Waals surface area (Å²) in [6, 6.07) is 22.1. The first-order chi connectivity index (χ1) is 17.3. The molecule has 0 unspecified atom stereocenters. The van der Waals surface area contributed by atoms with Gasteiger partial charge in [0.25, 0.3) is 5.56 Å². The predicted octanol–water partition coefficient (Wildman–Crippen LogP) is 5.43. The van der Waals surface area contributed by atoms with Crippen LogP contribution >= 0.6 is 11.3 Å². The first-order valence-corrected chi connectivity index (χ1v) is 12.9. The second-order valence-corrected chi connectivity index (χ2v) is 11.2. The molecule has 7 nitrogen and oxygen atoms in total. The van der Waals surface area contributed by atoms with Gasteiger partial charge in [-0.2, -0.15) is 0 Å². The highest BCUT2D eigenvalue weighted by atomic mass is 32.1. The van der Waals surface area contributed by atoms with Gasteiger partial charge in [-0.25, -0.2) is 4.68 Å². The van der Waals surface area contributed by atoms with E-state index in [0.29, 0.717) is 24.5 Å². The molecular weight excluding hydrogens is 468 g/mol. The van der Waals surface area contributed by atoms with Crippen LogP contribution in [0, 0.1) is 6.92 Å². The molecule has 0 aliphatic heterocycles. The van der Waals surface area contributed by atoms with Gasteiger partial charge in [-0.15, -0.1) is 16.4 Å². The standard InChI is InChI=1S/C28H30N6OS/c1-19-12-13-21-16-23(27(35)29-24(21)15-19)25(26-30-31-32-34(26)28(2,3)4)33(18-22-11-8-14-36-22)17-20-9-6-5-7-10-20/h5-16,25H,17-18H2,1-4H3,(H,29,35)/t25-/m0/s1. The van der Waals surface area contributed by atoms with Crippen molar-refractivity contribution in [2.24, 2.45) is 0 Å². The molecule has 0 fully saturated rings. The van der Waals surface area contributed by atoms with Crippen LogP contribution in [-0.4, -0.2) is 30.1 Å². The molecule has 5 rings (SSSR count). The monoisotopic (exact) mass is 498 g/mol. The highest BCUT2D eigenvalue weighted by Crippen LogP contribution is 2.32. The van der Waals surface area contributed by atoms with Crippen molar-refractivity contribution in [2.75, 3.05) is 0 Å². The number of aromatic nitrogens is 5. The van der Waals surface area contributed by atoms with E-state index in [1.807, 2.05) is 41.9 Å². The van der Waals surface area contributed by atoms with E-state index >= 15 is 0 Å². The van der Waals surface area contributed by atoms with Gasteiger partial charge in [0, 0.05) is 29.0 Å². The van der Waals surface area contributed by atoms with Gasteiger partial charge >= 0.3 is 0 Å². The molecule has 0 aliphatic rings. The number of nitrogens with zero attached hydrogens (tertiary/aromatic N) is 5. The molecule has 0 radical (unpaired) electrons. The van der Waals surface area contributed by atoms with Crippen LogP contribution in [0.15, 0.2) is 76.9 Å². The van der Waals surface area contributed by atoms with E-state index < -0.39 is 6.04 Å². The Morgan fingerprint density at radius 1 is 1.03 bits per heavy atom. The summed E-state index contributed by atoms with van der Waals surface area (Å²) in [5.74, 6) is 0.645. The highest BCUT2D eigenvalue weighted by molar-refractivity contribution is 7.09. The average molecular weight is 499 g/mol. The van der Waals surface area contributed by atoms with Crippen LogP contribution in [0.1, 0.15) is 54.2 Å². The summed E-state index contributed by atoms with van der Waals surface area (Å²) in [6.45, 7) is 9.51. The number of hydrogen-bond donors (Lipinski definition) is 1. The van der Waals surface area contributed by atoms with Crippen LogP contribution in [0.25, 0.3) is 10.9 Å². The van der Waals surface area contributed by atoms with Crippen molar-refractivity contribution in [1.29, 1.82) is 0 Å². The lowest BCUT2D eigenvalue weighted by atomic mass is 10.0. The lowest BCUT2D eigenvalue weighted by Gasteiger charge is -2.32. The molecule has 0 bridgehead atoms. The van der Waals surface area contributed by atoms with Crippen LogP contribution in [0.5, 0.6) is 0 Å². The summed E-state index contributed by atoms with van der Waals surface area (Å²) in [4.78, 5) is 20.3. The summed E-state index contributed by atoms with van der Waals surface area (Å²) in [7, 11) is 0. The van der Waals surface area contributed by atoms with E-state index in [9.17, 15) is 4.79 Å². The molecule has 5 aromatic rings. The Bertz CT molecular complexity index is 1520. The van der Waals surface area contributed by atoms with Crippen LogP contribution in [0.3, 0.4) is 0 Å². The van der Waals surface area contributed by atoms with Gasteiger partial charge in [-0.1, -0.05) is 48.5 Å². The molecule has 2 aromatic carbocycles. The molecule has 0 saturated heterocycles. The van der Waals surface area contributed by atoms with Crippen LogP contribution in [0.2, 0.25) is 0 Å². The number of aryl methyl sites for hydroxylation is 1. The molecule has 0 amide bonds. The van der Waals surface area contributed by atoms with Gasteiger partial charge < -0.3 is 4.98 Å². The number of H-pyrrole nitrogens is 1. The first-order valence-electron chi connectivity index (χ1n) is 12.0. The van der Waals surface area contributed by atoms with Gasteiger partial charge in [-0.3, -0.25) is 9.69 Å². The summed E-state index contributed by atoms with van der Waals surface area (Å²) in [6.07, 6.45) is 0. The highest BCUT2D eigenvalue weighted by Gasteiger charge is 2.33. The number of rotatable bonds is 7. The van der Waals surface area contributed by atoms with Crippen LogP contribution < -0.4 is 5.56 Å². The fraction of sp³-hybridized carbons (Fsp3) is 0.286.